The van der Waals surface area contributed by atoms with Gasteiger partial charge in [-0.1, -0.05) is 74.4 Å². The first-order chi connectivity index (χ1) is 18.5. The Balaban J connectivity index is 1.49. The lowest BCUT2D eigenvalue weighted by atomic mass is 9.78. The van der Waals surface area contributed by atoms with Crippen molar-refractivity contribution >= 4 is 29.5 Å². The Morgan fingerprint density at radius 3 is 2.45 bits per heavy atom. The summed E-state index contributed by atoms with van der Waals surface area (Å²) >= 11 is 1.64. The highest BCUT2D eigenvalue weighted by atomic mass is 32.2. The minimum Gasteiger partial charge on any atom is -0.396 e. The van der Waals surface area contributed by atoms with Crippen LogP contribution in [-0.2, 0) is 20.9 Å². The van der Waals surface area contributed by atoms with Crippen LogP contribution in [0.2, 0.25) is 0 Å². The molecule has 0 saturated carbocycles. The molecular weight excluding hydrogens is 498 g/mol. The van der Waals surface area contributed by atoms with E-state index in [-0.39, 0.29) is 29.6 Å². The van der Waals surface area contributed by atoms with Crippen LogP contribution in [0.5, 0.6) is 0 Å². The van der Waals surface area contributed by atoms with E-state index in [2.05, 4.69) is 25.2 Å². The molecule has 1 spiro atoms. The number of nitrogens with zero attached hydrogens (tertiary/aromatic N) is 3. The van der Waals surface area contributed by atoms with Gasteiger partial charge in [-0.3, -0.25) is 14.4 Å². The monoisotopic (exact) mass is 537 g/mol. The number of carbonyl (C=O) groups is 3. The Labute approximate surface area is 229 Å². The van der Waals surface area contributed by atoms with Crippen molar-refractivity contribution in [1.29, 1.82) is 0 Å². The molecule has 38 heavy (non-hydrogen) atoms. The summed E-state index contributed by atoms with van der Waals surface area (Å²) in [4.78, 5) is 47.9. The third-order valence-electron chi connectivity index (χ3n) is 8.38. The Hall–Kier alpha value is -2.58. The number of fused-ring (bicyclic) bond motifs is 2. The largest absolute Gasteiger partial charge is 0.396 e. The molecule has 1 aromatic carbocycles. The zero-order chi connectivity index (χ0) is 26.7. The number of amides is 3. The third-order valence-corrected chi connectivity index (χ3v) is 10.1. The van der Waals surface area contributed by atoms with Gasteiger partial charge in [-0.15, -0.1) is 11.8 Å². The van der Waals surface area contributed by atoms with Crippen molar-refractivity contribution in [2.24, 2.45) is 11.8 Å². The fourth-order valence-corrected chi connectivity index (χ4v) is 8.58. The number of carbonyl (C=O) groups excluding carboxylic acids is 3. The summed E-state index contributed by atoms with van der Waals surface area (Å²) < 4.78 is -0.766. The smallest absolute Gasteiger partial charge is 0.247 e. The van der Waals surface area contributed by atoms with Crippen LogP contribution >= 0.6 is 11.8 Å². The minimum atomic E-state index is -0.766. The van der Waals surface area contributed by atoms with Gasteiger partial charge >= 0.3 is 0 Å². The molecule has 8 heteroatoms. The fraction of sp³-hybridized carbons (Fsp3) is 0.567. The molecule has 4 aliphatic rings. The molecule has 4 aliphatic heterocycles. The number of hydrogen-bond acceptors (Lipinski definition) is 5. The van der Waals surface area contributed by atoms with Crippen LogP contribution in [-0.4, -0.2) is 86.4 Å². The second kappa shape index (κ2) is 11.7. The molecule has 4 heterocycles. The summed E-state index contributed by atoms with van der Waals surface area (Å²) in [6.45, 7) is 4.83. The van der Waals surface area contributed by atoms with Gasteiger partial charge in [0.1, 0.15) is 6.04 Å². The number of rotatable bonds is 10. The summed E-state index contributed by atoms with van der Waals surface area (Å²) in [5, 5.41) is 9.23. The number of thioether (sulfide) groups is 1. The van der Waals surface area contributed by atoms with Crippen LogP contribution in [0.15, 0.2) is 54.6 Å². The zero-order valence-corrected chi connectivity index (χ0v) is 23.0. The molecule has 2 saturated heterocycles. The maximum absolute atomic E-state index is 14.2. The number of benzene rings is 1. The predicted octanol–water partition coefficient (Wildman–Crippen LogP) is 3.24. The van der Waals surface area contributed by atoms with E-state index in [9.17, 15) is 19.5 Å². The van der Waals surface area contributed by atoms with Gasteiger partial charge in [-0.2, -0.15) is 0 Å². The zero-order valence-electron chi connectivity index (χ0n) is 22.2. The summed E-state index contributed by atoms with van der Waals surface area (Å²) in [7, 11) is 0. The molecule has 5 atom stereocenters. The first-order valence-corrected chi connectivity index (χ1v) is 14.9. The van der Waals surface area contributed by atoms with E-state index in [1.54, 1.807) is 16.7 Å². The van der Waals surface area contributed by atoms with Crippen LogP contribution < -0.4 is 0 Å². The Morgan fingerprint density at radius 2 is 1.68 bits per heavy atom. The van der Waals surface area contributed by atoms with Crippen molar-refractivity contribution < 1.29 is 19.5 Å². The van der Waals surface area contributed by atoms with Crippen molar-refractivity contribution in [2.45, 2.75) is 61.6 Å². The molecule has 0 aliphatic carbocycles. The molecule has 7 nitrogen and oxygen atoms in total. The van der Waals surface area contributed by atoms with Crippen molar-refractivity contribution in [3.05, 3.63) is 60.2 Å². The van der Waals surface area contributed by atoms with E-state index in [0.29, 0.717) is 45.6 Å². The summed E-state index contributed by atoms with van der Waals surface area (Å²) in [5.74, 6) is -1.20. The van der Waals surface area contributed by atoms with Gasteiger partial charge in [0, 0.05) is 44.6 Å². The summed E-state index contributed by atoms with van der Waals surface area (Å²) in [6.07, 6.45) is 12.5. The molecule has 1 unspecified atom stereocenters. The van der Waals surface area contributed by atoms with Crippen LogP contribution in [0.4, 0.5) is 0 Å². The van der Waals surface area contributed by atoms with E-state index >= 15 is 0 Å². The molecule has 204 valence electrons. The first-order valence-electron chi connectivity index (χ1n) is 14.1. The van der Waals surface area contributed by atoms with Crippen molar-refractivity contribution in [2.75, 3.05) is 32.8 Å². The summed E-state index contributed by atoms with van der Waals surface area (Å²) in [6, 6.07) is 9.32. The highest BCUT2D eigenvalue weighted by Crippen LogP contribution is 2.61. The fourth-order valence-electron chi connectivity index (χ4n) is 6.57. The topological polar surface area (TPSA) is 81.2 Å². The normalized spacial score (nSPS) is 30.4. The summed E-state index contributed by atoms with van der Waals surface area (Å²) in [5.41, 5.74) is 1.06. The van der Waals surface area contributed by atoms with E-state index in [1.165, 1.54) is 0 Å². The predicted molar refractivity (Wildman–Crippen MR) is 149 cm³/mol. The minimum absolute atomic E-state index is 0.00696. The highest BCUT2D eigenvalue weighted by Gasteiger charge is 2.70. The molecule has 0 radical (unpaired) electrons. The lowest BCUT2D eigenvalue weighted by Crippen LogP contribution is -2.53. The Bertz CT molecular complexity index is 1090. The number of likely N-dealkylation sites (tertiary alicyclic amines) is 1. The standard InChI is InChI=1S/C30H39N3O4S/c1-2-3-7-16-31-18-11-15-30-25(28(36)33(19-8-9-20-34)26(30)29(31)37)24-23(38-30)14-10-17-32(27(24)35)21-22-12-5-4-6-13-22/h4-6,10-15,23-26,34H,2-3,7-9,16-21H2,1H3/t23-,24+,25+,26?,30+/m1/s1. The van der Waals surface area contributed by atoms with E-state index in [4.69, 9.17) is 0 Å². The Kier molecular flexibility index (Phi) is 8.29. The SMILES string of the molecule is CCCCCN1CC=C[C@]23S[C@@H]4C=CCN(Cc5ccccc5)C(=O)[C@@H]4[C@H]2C(=O)N(CCCCO)C3C1=O. The van der Waals surface area contributed by atoms with Crippen molar-refractivity contribution in [3.63, 3.8) is 0 Å². The molecule has 5 rings (SSSR count). The molecule has 0 bridgehead atoms. The number of aliphatic hydroxyl groups excluding tert-OH is 1. The number of unbranched alkanes of at least 4 members (excludes halogenated alkanes) is 3. The second-order valence-corrected chi connectivity index (χ2v) is 12.3. The molecule has 2 fully saturated rings. The van der Waals surface area contributed by atoms with Crippen molar-refractivity contribution in [3.8, 4) is 0 Å². The van der Waals surface area contributed by atoms with Crippen LogP contribution in [0.1, 0.15) is 44.6 Å². The lowest BCUT2D eigenvalue weighted by molar-refractivity contribution is -0.144. The molecule has 3 amide bonds. The van der Waals surface area contributed by atoms with Gasteiger partial charge in [-0.05, 0) is 24.8 Å². The maximum Gasteiger partial charge on any atom is 0.247 e. The van der Waals surface area contributed by atoms with Crippen LogP contribution in [0.25, 0.3) is 0 Å². The van der Waals surface area contributed by atoms with Gasteiger partial charge in [0.15, 0.2) is 0 Å². The van der Waals surface area contributed by atoms with Gasteiger partial charge in [0.25, 0.3) is 0 Å². The van der Waals surface area contributed by atoms with Crippen LogP contribution in [0.3, 0.4) is 0 Å². The van der Waals surface area contributed by atoms with Gasteiger partial charge in [0.05, 0.1) is 16.6 Å². The highest BCUT2D eigenvalue weighted by molar-refractivity contribution is 8.02. The van der Waals surface area contributed by atoms with Gasteiger partial charge in [0.2, 0.25) is 17.7 Å². The van der Waals surface area contributed by atoms with E-state index < -0.39 is 22.6 Å². The third kappa shape index (κ3) is 4.81. The molecular formula is C30H39N3O4S. The molecule has 0 aromatic heterocycles. The van der Waals surface area contributed by atoms with Crippen molar-refractivity contribution in [1.82, 2.24) is 14.7 Å². The van der Waals surface area contributed by atoms with Gasteiger partial charge < -0.3 is 19.8 Å². The number of hydrogen-bond donors (Lipinski definition) is 1. The average molecular weight is 538 g/mol. The first kappa shape index (κ1) is 27.0. The molecule has 1 N–H and O–H groups in total. The number of aliphatic hydroxyl groups is 1. The molecule has 1 aromatic rings. The lowest BCUT2D eigenvalue weighted by Gasteiger charge is -2.35. The van der Waals surface area contributed by atoms with E-state index in [1.807, 2.05) is 46.2 Å². The maximum atomic E-state index is 14.2. The van der Waals surface area contributed by atoms with E-state index in [0.717, 1.165) is 24.8 Å². The van der Waals surface area contributed by atoms with Crippen LogP contribution in [0, 0.1) is 11.8 Å². The average Bonchev–Trinajstić information content (AvgIpc) is 3.24. The second-order valence-electron chi connectivity index (χ2n) is 10.8. The van der Waals surface area contributed by atoms with Gasteiger partial charge in [-0.25, -0.2) is 0 Å². The quantitative estimate of drug-likeness (QED) is 0.366. The Morgan fingerprint density at radius 1 is 0.921 bits per heavy atom.